The number of nitrogens with one attached hydrogen (secondary N) is 1. The van der Waals surface area contributed by atoms with Gasteiger partial charge in [-0.2, -0.15) is 22.1 Å². The number of hydrogen-bond acceptors (Lipinski definition) is 5. The molecular weight excluding hydrogens is 346 g/mol. The van der Waals surface area contributed by atoms with Gasteiger partial charge in [0.15, 0.2) is 0 Å². The first-order valence-corrected chi connectivity index (χ1v) is 9.88. The van der Waals surface area contributed by atoms with Gasteiger partial charge >= 0.3 is 0 Å². The molecule has 9 nitrogen and oxygen atoms in total. The van der Waals surface area contributed by atoms with E-state index >= 15 is 0 Å². The molecule has 1 amide bonds. The maximum Gasteiger partial charge on any atom is 0.282 e. The van der Waals surface area contributed by atoms with E-state index in [-0.39, 0.29) is 12.0 Å². The van der Waals surface area contributed by atoms with Gasteiger partial charge in [-0.25, -0.2) is 0 Å². The molecule has 1 aromatic rings. The molecule has 0 saturated carbocycles. The third-order valence-corrected chi connectivity index (χ3v) is 6.70. The minimum absolute atomic E-state index is 0.116. The van der Waals surface area contributed by atoms with Gasteiger partial charge in [-0.3, -0.25) is 9.48 Å². The molecule has 3 rings (SSSR count). The highest BCUT2D eigenvalue weighted by molar-refractivity contribution is 7.86. The summed E-state index contributed by atoms with van der Waals surface area (Å²) in [6.45, 7) is 4.02. The van der Waals surface area contributed by atoms with Gasteiger partial charge in [0.25, 0.3) is 10.2 Å². The number of amides is 1. The number of piperidine rings is 1. The number of carbonyl (C=O) groups excluding carboxylic acids is 1. The lowest BCUT2D eigenvalue weighted by Gasteiger charge is -2.35. The molecule has 1 fully saturated rings. The first-order valence-electron chi connectivity index (χ1n) is 8.48. The van der Waals surface area contributed by atoms with Gasteiger partial charge in [0.1, 0.15) is 0 Å². The highest BCUT2D eigenvalue weighted by Gasteiger charge is 2.35. The van der Waals surface area contributed by atoms with Gasteiger partial charge in [0.2, 0.25) is 5.91 Å². The average molecular weight is 371 g/mol. The Labute approximate surface area is 148 Å². The molecule has 0 aromatic carbocycles. The second kappa shape index (κ2) is 7.40. The molecule has 0 aliphatic carbocycles. The van der Waals surface area contributed by atoms with Crippen LogP contribution >= 0.6 is 0 Å². The monoisotopic (exact) mass is 371 g/mol. The van der Waals surface area contributed by atoms with Crippen LogP contribution in [0, 0.1) is 0 Å². The van der Waals surface area contributed by atoms with Gasteiger partial charge < -0.3 is 10.1 Å². The van der Waals surface area contributed by atoms with Crippen molar-refractivity contribution in [2.45, 2.75) is 45.5 Å². The van der Waals surface area contributed by atoms with Crippen LogP contribution in [0.15, 0.2) is 6.07 Å². The molecule has 1 N–H and O–H groups in total. The number of fused-ring (bicyclic) bond motifs is 1. The summed E-state index contributed by atoms with van der Waals surface area (Å²) < 4.78 is 36.0. The SMILES string of the molecule is COC1CCN(S(=O)(=O)N2CCn3nc(CNC(C)=O)cc3C2)CC1. The zero-order chi connectivity index (χ0) is 18.0. The van der Waals surface area contributed by atoms with Crippen molar-refractivity contribution >= 4 is 16.1 Å². The van der Waals surface area contributed by atoms with Crippen LogP contribution < -0.4 is 5.32 Å². The molecule has 10 heteroatoms. The smallest absolute Gasteiger partial charge is 0.282 e. The zero-order valence-corrected chi connectivity index (χ0v) is 15.5. The first-order chi connectivity index (χ1) is 11.9. The van der Waals surface area contributed by atoms with Crippen LogP contribution in [0.1, 0.15) is 31.2 Å². The topological polar surface area (TPSA) is 96.8 Å². The van der Waals surface area contributed by atoms with Crippen molar-refractivity contribution in [3.63, 3.8) is 0 Å². The highest BCUT2D eigenvalue weighted by Crippen LogP contribution is 2.22. The Hall–Kier alpha value is -1.49. The van der Waals surface area contributed by atoms with Crippen molar-refractivity contribution in [3.05, 3.63) is 17.5 Å². The molecule has 0 atom stereocenters. The molecular formula is C15H25N5O4S. The number of methoxy groups -OCH3 is 1. The second-order valence-corrected chi connectivity index (χ2v) is 8.36. The molecule has 0 radical (unpaired) electrons. The predicted octanol–water partition coefficient (Wildman–Crippen LogP) is -0.310. The van der Waals surface area contributed by atoms with Crippen LogP contribution in [0.2, 0.25) is 0 Å². The summed E-state index contributed by atoms with van der Waals surface area (Å²) in [6, 6.07) is 1.86. The fraction of sp³-hybridized carbons (Fsp3) is 0.733. The van der Waals surface area contributed by atoms with E-state index < -0.39 is 10.2 Å². The van der Waals surface area contributed by atoms with E-state index in [1.165, 1.54) is 11.2 Å². The van der Waals surface area contributed by atoms with Crippen LogP contribution in [-0.2, 0) is 39.4 Å². The van der Waals surface area contributed by atoms with Gasteiger partial charge in [-0.1, -0.05) is 0 Å². The van der Waals surface area contributed by atoms with E-state index in [0.29, 0.717) is 39.3 Å². The minimum atomic E-state index is -3.48. The number of hydrogen-bond donors (Lipinski definition) is 1. The Morgan fingerprint density at radius 1 is 1.28 bits per heavy atom. The first kappa shape index (κ1) is 18.3. The summed E-state index contributed by atoms with van der Waals surface area (Å²) >= 11 is 0. The second-order valence-electron chi connectivity index (χ2n) is 6.44. The van der Waals surface area contributed by atoms with E-state index in [9.17, 15) is 13.2 Å². The van der Waals surface area contributed by atoms with E-state index in [2.05, 4.69) is 10.4 Å². The van der Waals surface area contributed by atoms with Crippen molar-refractivity contribution in [2.24, 2.45) is 0 Å². The number of aromatic nitrogens is 2. The van der Waals surface area contributed by atoms with Gasteiger partial charge in [-0.15, -0.1) is 0 Å². The lowest BCUT2D eigenvalue weighted by Crippen LogP contribution is -2.50. The van der Waals surface area contributed by atoms with Crippen LogP contribution in [0.5, 0.6) is 0 Å². The molecule has 2 aliphatic heterocycles. The third-order valence-electron chi connectivity index (χ3n) is 4.72. The van der Waals surface area contributed by atoms with Crippen LogP contribution in [0.4, 0.5) is 0 Å². The van der Waals surface area contributed by atoms with Crippen molar-refractivity contribution < 1.29 is 17.9 Å². The standard InChI is InChI=1S/C15H25N5O4S/c1-12(21)16-10-13-9-14-11-19(7-8-20(14)17-13)25(22,23)18-5-3-15(24-2)4-6-18/h9,15H,3-8,10-11H2,1-2H3,(H,16,21). The molecule has 1 saturated heterocycles. The van der Waals surface area contributed by atoms with Crippen LogP contribution in [0.25, 0.3) is 0 Å². The van der Waals surface area contributed by atoms with Crippen LogP contribution in [-0.4, -0.2) is 65.6 Å². The maximum absolute atomic E-state index is 12.9. The molecule has 0 unspecified atom stereocenters. The van der Waals surface area contributed by atoms with Crippen molar-refractivity contribution in [1.29, 1.82) is 0 Å². The number of ether oxygens (including phenoxy) is 1. The van der Waals surface area contributed by atoms with Crippen molar-refractivity contribution in [2.75, 3.05) is 26.7 Å². The van der Waals surface area contributed by atoms with E-state index in [1.807, 2.05) is 10.7 Å². The minimum Gasteiger partial charge on any atom is -0.381 e. The number of carbonyl (C=O) groups is 1. The fourth-order valence-corrected chi connectivity index (χ4v) is 4.87. The predicted molar refractivity (Wildman–Crippen MR) is 90.7 cm³/mol. The fourth-order valence-electron chi connectivity index (χ4n) is 3.26. The summed E-state index contributed by atoms with van der Waals surface area (Å²) in [4.78, 5) is 11.0. The Kier molecular flexibility index (Phi) is 5.42. The molecule has 0 bridgehead atoms. The number of nitrogens with zero attached hydrogens (tertiary/aromatic N) is 4. The quantitative estimate of drug-likeness (QED) is 0.766. The van der Waals surface area contributed by atoms with Gasteiger partial charge in [0, 0.05) is 33.7 Å². The summed E-state index contributed by atoms with van der Waals surface area (Å²) in [5.74, 6) is -0.116. The summed E-state index contributed by atoms with van der Waals surface area (Å²) in [6.07, 6.45) is 1.59. The Balaban J connectivity index is 1.66. The summed E-state index contributed by atoms with van der Waals surface area (Å²) in [7, 11) is -1.81. The molecule has 1 aromatic heterocycles. The Morgan fingerprint density at radius 3 is 2.64 bits per heavy atom. The van der Waals surface area contributed by atoms with Gasteiger partial charge in [-0.05, 0) is 18.9 Å². The van der Waals surface area contributed by atoms with Crippen molar-refractivity contribution in [1.82, 2.24) is 23.7 Å². The highest BCUT2D eigenvalue weighted by atomic mass is 32.2. The Bertz CT molecular complexity index is 724. The molecule has 2 aliphatic rings. The van der Waals surface area contributed by atoms with E-state index in [0.717, 1.165) is 24.2 Å². The van der Waals surface area contributed by atoms with E-state index in [4.69, 9.17) is 4.74 Å². The lowest BCUT2D eigenvalue weighted by atomic mass is 10.1. The average Bonchev–Trinajstić information content (AvgIpc) is 3.02. The molecule has 140 valence electrons. The van der Waals surface area contributed by atoms with Gasteiger partial charge in [0.05, 0.1) is 37.1 Å². The lowest BCUT2D eigenvalue weighted by molar-refractivity contribution is -0.119. The molecule has 0 spiro atoms. The van der Waals surface area contributed by atoms with Crippen molar-refractivity contribution in [3.8, 4) is 0 Å². The Morgan fingerprint density at radius 2 is 2.00 bits per heavy atom. The normalized spacial score (nSPS) is 20.4. The zero-order valence-electron chi connectivity index (χ0n) is 14.6. The molecule has 25 heavy (non-hydrogen) atoms. The number of rotatable bonds is 5. The van der Waals surface area contributed by atoms with Crippen LogP contribution in [0.3, 0.4) is 0 Å². The van der Waals surface area contributed by atoms with E-state index in [1.54, 1.807) is 11.4 Å². The summed E-state index contributed by atoms with van der Waals surface area (Å²) in [5.41, 5.74) is 1.59. The third kappa shape index (κ3) is 4.02. The molecule has 3 heterocycles. The maximum atomic E-state index is 12.9. The largest absolute Gasteiger partial charge is 0.381 e. The summed E-state index contributed by atoms with van der Waals surface area (Å²) in [5, 5.41) is 7.13.